The van der Waals surface area contributed by atoms with Crippen LogP contribution in [0.5, 0.6) is 0 Å². The summed E-state index contributed by atoms with van der Waals surface area (Å²) in [5.74, 6) is 0.836. The van der Waals surface area contributed by atoms with Crippen molar-refractivity contribution in [1.29, 1.82) is 0 Å². The molecular weight excluding hydrogens is 346 g/mol. The lowest BCUT2D eigenvalue weighted by Gasteiger charge is -2.09. The number of hydrogen-bond donors (Lipinski definition) is 2. The Morgan fingerprint density at radius 3 is 2.57 bits per heavy atom. The molecule has 5 rings (SSSR count). The topological polar surface area (TPSA) is 64.1 Å². The molecule has 3 aromatic carbocycles. The van der Waals surface area contributed by atoms with Gasteiger partial charge in [-0.25, -0.2) is 0 Å². The molecule has 0 radical (unpaired) electrons. The number of rotatable bonds is 4. The molecule has 0 spiro atoms. The van der Waals surface area contributed by atoms with Gasteiger partial charge in [0.2, 0.25) is 0 Å². The molecule has 0 aliphatic rings. The Labute approximate surface area is 162 Å². The normalized spacial score (nSPS) is 11.1. The smallest absolute Gasteiger partial charge is 0.137 e. The molecule has 3 N–H and O–H groups in total. The molecule has 2 aromatic heterocycles. The Balaban J connectivity index is 1.51. The third kappa shape index (κ3) is 3.05. The zero-order valence-corrected chi connectivity index (χ0v) is 15.2. The van der Waals surface area contributed by atoms with Crippen molar-refractivity contribution in [2.75, 3.05) is 11.1 Å². The molecule has 0 fully saturated rings. The van der Waals surface area contributed by atoms with Crippen molar-refractivity contribution >= 4 is 33.1 Å². The molecule has 0 saturated heterocycles. The van der Waals surface area contributed by atoms with E-state index < -0.39 is 0 Å². The fourth-order valence-electron chi connectivity index (χ4n) is 3.44. The lowest BCUT2D eigenvalue weighted by Crippen LogP contribution is -1.99. The number of nitrogen functional groups attached to an aromatic ring is 1. The molecule has 0 aliphatic carbocycles. The molecule has 5 aromatic rings. The van der Waals surface area contributed by atoms with Crippen LogP contribution < -0.4 is 11.1 Å². The number of pyridine rings is 1. The number of para-hydroxylation sites is 1. The van der Waals surface area contributed by atoms with E-state index in [0.29, 0.717) is 0 Å². The summed E-state index contributed by atoms with van der Waals surface area (Å²) >= 11 is 0. The summed E-state index contributed by atoms with van der Waals surface area (Å²) in [6.07, 6.45) is 3.76. The molecule has 136 valence electrons. The lowest BCUT2D eigenvalue weighted by atomic mass is 10.0. The van der Waals surface area contributed by atoms with Crippen molar-refractivity contribution < 1.29 is 4.42 Å². The van der Waals surface area contributed by atoms with Gasteiger partial charge in [-0.15, -0.1) is 0 Å². The fourth-order valence-corrected chi connectivity index (χ4v) is 3.44. The van der Waals surface area contributed by atoms with Crippen LogP contribution in [-0.2, 0) is 6.54 Å². The molecule has 4 heteroatoms. The van der Waals surface area contributed by atoms with Crippen molar-refractivity contribution in [2.45, 2.75) is 6.54 Å². The average molecular weight is 365 g/mol. The highest BCUT2D eigenvalue weighted by atomic mass is 16.3. The lowest BCUT2D eigenvalue weighted by molar-refractivity contribution is 0.632. The van der Waals surface area contributed by atoms with Crippen molar-refractivity contribution in [3.63, 3.8) is 0 Å². The van der Waals surface area contributed by atoms with Gasteiger partial charge in [0.25, 0.3) is 0 Å². The van der Waals surface area contributed by atoms with Crippen LogP contribution in [0.3, 0.4) is 0 Å². The zero-order chi connectivity index (χ0) is 18.9. The summed E-state index contributed by atoms with van der Waals surface area (Å²) in [6, 6.07) is 24.3. The maximum atomic E-state index is 6.08. The molecule has 0 bridgehead atoms. The summed E-state index contributed by atoms with van der Waals surface area (Å²) in [5, 5.41) is 6.75. The summed E-state index contributed by atoms with van der Waals surface area (Å²) in [7, 11) is 0. The number of fused-ring (bicyclic) bond motifs is 2. The Morgan fingerprint density at radius 2 is 1.71 bits per heavy atom. The van der Waals surface area contributed by atoms with Gasteiger partial charge in [0.1, 0.15) is 11.3 Å². The van der Waals surface area contributed by atoms with Crippen LogP contribution in [0.2, 0.25) is 0 Å². The van der Waals surface area contributed by atoms with E-state index >= 15 is 0 Å². The fraction of sp³-hybridized carbons (Fsp3) is 0.0417. The van der Waals surface area contributed by atoms with E-state index in [2.05, 4.69) is 40.6 Å². The first-order valence-electron chi connectivity index (χ1n) is 9.21. The third-order valence-corrected chi connectivity index (χ3v) is 4.92. The molecule has 0 atom stereocenters. The summed E-state index contributed by atoms with van der Waals surface area (Å²) in [5.41, 5.74) is 10.6. The first kappa shape index (κ1) is 16.4. The summed E-state index contributed by atoms with van der Waals surface area (Å²) in [4.78, 5) is 4.40. The quantitative estimate of drug-likeness (QED) is 0.393. The van der Waals surface area contributed by atoms with Crippen molar-refractivity contribution in [3.8, 4) is 11.3 Å². The number of nitrogens with zero attached hydrogens (tertiary/aromatic N) is 1. The number of hydrogen-bond acceptors (Lipinski definition) is 4. The number of nitrogens with one attached hydrogen (secondary N) is 1. The second-order valence-electron chi connectivity index (χ2n) is 6.87. The standard InChI is InChI=1S/C24H19N3O/c25-19-7-9-20(10-8-19)27-13-16-5-6-18-14-26-15-22(21(18)11-16)24-12-17-3-1-2-4-23(17)28-24/h1-12,14-15,27H,13,25H2. The van der Waals surface area contributed by atoms with Crippen molar-refractivity contribution in [2.24, 2.45) is 0 Å². The SMILES string of the molecule is Nc1ccc(NCc2ccc3cncc(-c4cc5ccccc5o4)c3c2)cc1. The monoisotopic (exact) mass is 365 g/mol. The molecule has 4 nitrogen and oxygen atoms in total. The molecule has 0 saturated carbocycles. The van der Waals surface area contributed by atoms with Gasteiger partial charge < -0.3 is 15.5 Å². The maximum Gasteiger partial charge on any atom is 0.137 e. The predicted molar refractivity (Wildman–Crippen MR) is 115 cm³/mol. The van der Waals surface area contributed by atoms with Crippen LogP contribution in [-0.4, -0.2) is 4.98 Å². The number of benzene rings is 3. The first-order chi connectivity index (χ1) is 13.8. The van der Waals surface area contributed by atoms with E-state index in [1.807, 2.05) is 54.9 Å². The number of furan rings is 1. The van der Waals surface area contributed by atoms with Gasteiger partial charge in [-0.05, 0) is 53.4 Å². The first-order valence-corrected chi connectivity index (χ1v) is 9.21. The average Bonchev–Trinajstić information content (AvgIpc) is 3.17. The highest BCUT2D eigenvalue weighted by molar-refractivity contribution is 5.97. The van der Waals surface area contributed by atoms with Crippen LogP contribution in [0.1, 0.15) is 5.56 Å². The van der Waals surface area contributed by atoms with E-state index in [1.54, 1.807) is 0 Å². The van der Waals surface area contributed by atoms with Gasteiger partial charge >= 0.3 is 0 Å². The molecule has 28 heavy (non-hydrogen) atoms. The molecule has 0 amide bonds. The van der Waals surface area contributed by atoms with E-state index in [9.17, 15) is 0 Å². The summed E-state index contributed by atoms with van der Waals surface area (Å²) in [6.45, 7) is 0.724. The van der Waals surface area contributed by atoms with Crippen LogP contribution in [0.15, 0.2) is 89.6 Å². The highest BCUT2D eigenvalue weighted by Gasteiger charge is 2.10. The second-order valence-corrected chi connectivity index (χ2v) is 6.87. The zero-order valence-electron chi connectivity index (χ0n) is 15.2. The van der Waals surface area contributed by atoms with Gasteiger partial charge in [0.05, 0.1) is 0 Å². The van der Waals surface area contributed by atoms with E-state index in [-0.39, 0.29) is 0 Å². The third-order valence-electron chi connectivity index (χ3n) is 4.92. The largest absolute Gasteiger partial charge is 0.456 e. The predicted octanol–water partition coefficient (Wildman–Crippen LogP) is 5.84. The van der Waals surface area contributed by atoms with E-state index in [4.69, 9.17) is 10.2 Å². The molecular formula is C24H19N3O. The maximum absolute atomic E-state index is 6.08. The van der Waals surface area contributed by atoms with Crippen LogP contribution >= 0.6 is 0 Å². The van der Waals surface area contributed by atoms with Crippen LogP contribution in [0.25, 0.3) is 33.1 Å². The Kier molecular flexibility index (Phi) is 3.95. The molecule has 0 aliphatic heterocycles. The molecule has 2 heterocycles. The molecule has 0 unspecified atom stereocenters. The number of anilines is 2. The Hall–Kier alpha value is -3.79. The number of aromatic nitrogens is 1. The Morgan fingerprint density at radius 1 is 0.857 bits per heavy atom. The minimum absolute atomic E-state index is 0.724. The van der Waals surface area contributed by atoms with Crippen LogP contribution in [0, 0.1) is 0 Å². The minimum atomic E-state index is 0.724. The summed E-state index contributed by atoms with van der Waals surface area (Å²) < 4.78 is 6.08. The van der Waals surface area contributed by atoms with Gasteiger partial charge in [-0.1, -0.05) is 30.3 Å². The van der Waals surface area contributed by atoms with Gasteiger partial charge in [-0.3, -0.25) is 4.98 Å². The minimum Gasteiger partial charge on any atom is -0.456 e. The highest BCUT2D eigenvalue weighted by Crippen LogP contribution is 2.32. The number of nitrogens with two attached hydrogens (primary N) is 1. The van der Waals surface area contributed by atoms with Gasteiger partial charge in [0, 0.05) is 46.6 Å². The van der Waals surface area contributed by atoms with E-state index in [0.717, 1.165) is 51.0 Å². The van der Waals surface area contributed by atoms with E-state index in [1.165, 1.54) is 5.56 Å². The Bertz CT molecular complexity index is 1240. The van der Waals surface area contributed by atoms with Crippen molar-refractivity contribution in [3.05, 3.63) is 90.8 Å². The van der Waals surface area contributed by atoms with Gasteiger partial charge in [0.15, 0.2) is 0 Å². The van der Waals surface area contributed by atoms with Crippen molar-refractivity contribution in [1.82, 2.24) is 4.98 Å². The van der Waals surface area contributed by atoms with Crippen LogP contribution in [0.4, 0.5) is 11.4 Å². The second kappa shape index (κ2) is 6.74. The van der Waals surface area contributed by atoms with Gasteiger partial charge in [-0.2, -0.15) is 0 Å².